The molecule has 0 saturated carbocycles. The first-order valence-corrected chi connectivity index (χ1v) is 6.33. The first-order valence-electron chi connectivity index (χ1n) is 5.95. The third-order valence-corrected chi connectivity index (χ3v) is 3.59. The zero-order valence-corrected chi connectivity index (χ0v) is 11.9. The van der Waals surface area contributed by atoms with E-state index >= 15 is 0 Å². The molecule has 1 unspecified atom stereocenters. The highest BCUT2D eigenvalue weighted by Gasteiger charge is 2.16. The minimum Gasteiger partial charge on any atom is -0.350 e. The summed E-state index contributed by atoms with van der Waals surface area (Å²) < 4.78 is 0. The van der Waals surface area contributed by atoms with Crippen molar-refractivity contribution in [2.24, 2.45) is 0 Å². The van der Waals surface area contributed by atoms with Crippen LogP contribution in [-0.2, 0) is 0 Å². The normalized spacial score (nSPS) is 18.2. The van der Waals surface area contributed by atoms with E-state index in [1.165, 1.54) is 6.42 Å². The fourth-order valence-electron chi connectivity index (χ4n) is 2.10. The Balaban J connectivity index is 0.00000162. The van der Waals surface area contributed by atoms with Gasteiger partial charge in [-0.2, -0.15) is 0 Å². The molecule has 1 saturated heterocycles. The van der Waals surface area contributed by atoms with Gasteiger partial charge in [-0.3, -0.25) is 4.79 Å². The molecular weight excluding hydrogens is 271 g/mol. The van der Waals surface area contributed by atoms with Crippen molar-refractivity contribution in [3.8, 4) is 0 Å². The Kier molecular flexibility index (Phi) is 5.93. The molecule has 18 heavy (non-hydrogen) atoms. The van der Waals surface area contributed by atoms with Gasteiger partial charge in [-0.25, -0.2) is 0 Å². The van der Waals surface area contributed by atoms with Gasteiger partial charge in [-0.1, -0.05) is 17.7 Å². The van der Waals surface area contributed by atoms with Gasteiger partial charge in [0, 0.05) is 23.2 Å². The zero-order valence-electron chi connectivity index (χ0n) is 10.3. The number of amides is 1. The Morgan fingerprint density at radius 1 is 1.56 bits per heavy atom. The van der Waals surface area contributed by atoms with Crippen LogP contribution in [0.15, 0.2) is 18.2 Å². The van der Waals surface area contributed by atoms with Crippen LogP contribution in [0.1, 0.15) is 28.8 Å². The van der Waals surface area contributed by atoms with E-state index in [1.807, 2.05) is 6.92 Å². The van der Waals surface area contributed by atoms with Crippen molar-refractivity contribution < 1.29 is 4.79 Å². The maximum absolute atomic E-state index is 12.0. The van der Waals surface area contributed by atoms with Crippen LogP contribution < -0.4 is 10.6 Å². The molecule has 1 fully saturated rings. The first kappa shape index (κ1) is 15.3. The molecule has 1 aromatic carbocycles. The quantitative estimate of drug-likeness (QED) is 0.898. The number of hydrogen-bond acceptors (Lipinski definition) is 2. The molecular formula is C13H18Cl2N2O. The maximum Gasteiger partial charge on any atom is 0.251 e. The molecule has 0 aromatic heterocycles. The number of halogens is 2. The first-order chi connectivity index (χ1) is 8.18. The average molecular weight is 289 g/mol. The lowest BCUT2D eigenvalue weighted by Gasteiger charge is -2.12. The van der Waals surface area contributed by atoms with E-state index in [9.17, 15) is 4.79 Å². The van der Waals surface area contributed by atoms with Gasteiger partial charge in [-0.05, 0) is 44.0 Å². The summed E-state index contributed by atoms with van der Waals surface area (Å²) in [6, 6.07) is 5.82. The average Bonchev–Trinajstić information content (AvgIpc) is 2.82. The molecule has 0 bridgehead atoms. The highest BCUT2D eigenvalue weighted by atomic mass is 35.5. The number of hydrogen-bond donors (Lipinski definition) is 2. The predicted octanol–water partition coefficient (Wildman–Crippen LogP) is 2.55. The molecule has 0 spiro atoms. The fourth-order valence-corrected chi connectivity index (χ4v) is 2.27. The number of carbonyl (C=O) groups excluding carboxylic acids is 1. The van der Waals surface area contributed by atoms with Gasteiger partial charge in [0.1, 0.15) is 0 Å². The van der Waals surface area contributed by atoms with E-state index in [4.69, 9.17) is 11.6 Å². The van der Waals surface area contributed by atoms with Crippen LogP contribution in [0.2, 0.25) is 5.02 Å². The highest BCUT2D eigenvalue weighted by molar-refractivity contribution is 6.31. The van der Waals surface area contributed by atoms with Crippen LogP contribution in [0.5, 0.6) is 0 Å². The number of carbonyl (C=O) groups is 1. The molecule has 3 nitrogen and oxygen atoms in total. The van der Waals surface area contributed by atoms with Crippen molar-refractivity contribution in [1.82, 2.24) is 10.6 Å². The molecule has 0 aliphatic carbocycles. The third kappa shape index (κ3) is 3.61. The Hall–Kier alpha value is -0.770. The summed E-state index contributed by atoms with van der Waals surface area (Å²) in [5, 5.41) is 6.93. The fraction of sp³-hybridized carbons (Fsp3) is 0.462. The standard InChI is InChI=1S/C13H17ClN2O.ClH/c1-9-11(5-2-6-12(9)14)13(17)16-8-10-4-3-7-15-10;/h2,5-6,10,15H,3-4,7-8H2,1H3,(H,16,17);1H. The molecule has 0 radical (unpaired) electrons. The largest absolute Gasteiger partial charge is 0.350 e. The van der Waals surface area contributed by atoms with Gasteiger partial charge >= 0.3 is 0 Å². The lowest BCUT2D eigenvalue weighted by molar-refractivity contribution is 0.0949. The lowest BCUT2D eigenvalue weighted by Crippen LogP contribution is -2.37. The Bertz CT molecular complexity index is 417. The van der Waals surface area contributed by atoms with E-state index in [1.54, 1.807) is 18.2 Å². The topological polar surface area (TPSA) is 41.1 Å². The molecule has 2 N–H and O–H groups in total. The van der Waals surface area contributed by atoms with Crippen LogP contribution in [-0.4, -0.2) is 25.0 Å². The monoisotopic (exact) mass is 288 g/mol. The Morgan fingerprint density at radius 2 is 2.33 bits per heavy atom. The van der Waals surface area contributed by atoms with E-state index in [-0.39, 0.29) is 18.3 Å². The Labute approximate surface area is 119 Å². The van der Waals surface area contributed by atoms with Gasteiger partial charge in [0.2, 0.25) is 0 Å². The van der Waals surface area contributed by atoms with Crippen LogP contribution in [0.4, 0.5) is 0 Å². The Morgan fingerprint density at radius 3 is 3.00 bits per heavy atom. The molecule has 2 rings (SSSR count). The molecule has 1 atom stereocenters. The van der Waals surface area contributed by atoms with Crippen molar-refractivity contribution in [3.05, 3.63) is 34.3 Å². The summed E-state index contributed by atoms with van der Waals surface area (Å²) in [6.45, 7) is 3.60. The number of rotatable bonds is 3. The lowest BCUT2D eigenvalue weighted by atomic mass is 10.1. The van der Waals surface area contributed by atoms with Crippen molar-refractivity contribution in [3.63, 3.8) is 0 Å². The predicted molar refractivity (Wildman–Crippen MR) is 76.8 cm³/mol. The molecule has 1 aliphatic rings. The van der Waals surface area contributed by atoms with Gasteiger partial charge in [0.25, 0.3) is 5.91 Å². The molecule has 1 aliphatic heterocycles. The second-order valence-electron chi connectivity index (χ2n) is 4.42. The molecule has 5 heteroatoms. The summed E-state index contributed by atoms with van der Waals surface area (Å²) in [7, 11) is 0. The second kappa shape index (κ2) is 6.98. The zero-order chi connectivity index (χ0) is 12.3. The van der Waals surface area contributed by atoms with Gasteiger partial charge in [0.15, 0.2) is 0 Å². The summed E-state index contributed by atoms with van der Waals surface area (Å²) in [5.74, 6) is -0.0429. The minimum atomic E-state index is -0.0429. The molecule has 1 amide bonds. The smallest absolute Gasteiger partial charge is 0.251 e. The number of benzene rings is 1. The van der Waals surface area contributed by atoms with E-state index in [0.717, 1.165) is 18.5 Å². The summed E-state index contributed by atoms with van der Waals surface area (Å²) >= 11 is 5.99. The van der Waals surface area contributed by atoms with E-state index < -0.39 is 0 Å². The second-order valence-corrected chi connectivity index (χ2v) is 4.82. The van der Waals surface area contributed by atoms with Gasteiger partial charge < -0.3 is 10.6 Å². The molecule has 1 heterocycles. The molecule has 1 aromatic rings. The van der Waals surface area contributed by atoms with E-state index in [2.05, 4.69) is 10.6 Å². The summed E-state index contributed by atoms with van der Waals surface area (Å²) in [4.78, 5) is 12.0. The van der Waals surface area contributed by atoms with Crippen molar-refractivity contribution in [1.29, 1.82) is 0 Å². The van der Waals surface area contributed by atoms with Gasteiger partial charge in [-0.15, -0.1) is 12.4 Å². The van der Waals surface area contributed by atoms with Crippen LogP contribution in [0, 0.1) is 6.92 Å². The van der Waals surface area contributed by atoms with E-state index in [0.29, 0.717) is 23.2 Å². The SMILES string of the molecule is Cc1c(Cl)cccc1C(=O)NCC1CCCN1.Cl. The van der Waals surface area contributed by atoms with Gasteiger partial charge in [0.05, 0.1) is 0 Å². The van der Waals surface area contributed by atoms with Crippen LogP contribution in [0.3, 0.4) is 0 Å². The number of nitrogens with one attached hydrogen (secondary N) is 2. The third-order valence-electron chi connectivity index (χ3n) is 3.18. The summed E-state index contributed by atoms with van der Waals surface area (Å²) in [5.41, 5.74) is 1.50. The van der Waals surface area contributed by atoms with Crippen molar-refractivity contribution in [2.45, 2.75) is 25.8 Å². The minimum absolute atomic E-state index is 0. The molecule has 100 valence electrons. The summed E-state index contributed by atoms with van der Waals surface area (Å²) in [6.07, 6.45) is 2.32. The van der Waals surface area contributed by atoms with Crippen molar-refractivity contribution >= 4 is 29.9 Å². The van der Waals surface area contributed by atoms with Crippen molar-refractivity contribution in [2.75, 3.05) is 13.1 Å². The van der Waals surface area contributed by atoms with Crippen LogP contribution in [0.25, 0.3) is 0 Å². The van der Waals surface area contributed by atoms with Crippen LogP contribution >= 0.6 is 24.0 Å². The maximum atomic E-state index is 12.0. The highest BCUT2D eigenvalue weighted by Crippen LogP contribution is 2.18.